The molecule has 0 atom stereocenters. The Labute approximate surface area is 187 Å². The van der Waals surface area contributed by atoms with Gasteiger partial charge in [0.15, 0.2) is 0 Å². The summed E-state index contributed by atoms with van der Waals surface area (Å²) in [5, 5.41) is 0.370. The van der Waals surface area contributed by atoms with Gasteiger partial charge in [0, 0.05) is 23.8 Å². The van der Waals surface area contributed by atoms with Crippen LogP contribution in [0.3, 0.4) is 0 Å². The molecular formula is C22H21ClN2O4S2. The lowest BCUT2D eigenvalue weighted by Crippen LogP contribution is -2.36. The van der Waals surface area contributed by atoms with E-state index in [9.17, 15) is 16.8 Å². The number of hydrogen-bond acceptors (Lipinski definition) is 4. The van der Waals surface area contributed by atoms with Gasteiger partial charge in [-0.25, -0.2) is 16.8 Å². The van der Waals surface area contributed by atoms with E-state index >= 15 is 0 Å². The number of rotatable bonds is 5. The number of hydrogen-bond donors (Lipinski definition) is 1. The molecule has 0 saturated heterocycles. The molecule has 0 radical (unpaired) electrons. The number of fused-ring (bicyclic) bond motifs is 1. The highest BCUT2D eigenvalue weighted by atomic mass is 35.5. The average Bonchev–Trinajstić information content (AvgIpc) is 2.75. The van der Waals surface area contributed by atoms with Crippen molar-refractivity contribution in [3.05, 3.63) is 88.4 Å². The smallest absolute Gasteiger partial charge is 0.262 e. The van der Waals surface area contributed by atoms with Crippen LogP contribution in [0.5, 0.6) is 0 Å². The molecule has 0 spiro atoms. The molecule has 1 N–H and O–H groups in total. The van der Waals surface area contributed by atoms with Crippen LogP contribution in [0.15, 0.2) is 76.5 Å². The van der Waals surface area contributed by atoms with Gasteiger partial charge in [-0.15, -0.1) is 0 Å². The standard InChI is InChI=1S/C22H21ClN2O4S2/c1-16-21(23)8-5-9-22(16)30(26,27)24-19-11-10-17-12-13-25(15-18(17)14-19)31(28,29)20-6-3-2-4-7-20/h2-11,14,24H,12-13,15H2,1H3. The molecule has 0 bridgehead atoms. The first kappa shape index (κ1) is 21.8. The minimum absolute atomic E-state index is 0.103. The van der Waals surface area contributed by atoms with Gasteiger partial charge in [0.2, 0.25) is 10.0 Å². The molecule has 0 aromatic heterocycles. The largest absolute Gasteiger partial charge is 0.280 e. The van der Waals surface area contributed by atoms with Crippen molar-refractivity contribution in [3.8, 4) is 0 Å². The summed E-state index contributed by atoms with van der Waals surface area (Å²) in [5.74, 6) is 0. The molecule has 0 unspecified atom stereocenters. The lowest BCUT2D eigenvalue weighted by molar-refractivity contribution is 0.391. The summed E-state index contributed by atoms with van der Waals surface area (Å²) in [6, 6.07) is 18.2. The van der Waals surface area contributed by atoms with Crippen LogP contribution in [0.2, 0.25) is 5.02 Å². The fourth-order valence-electron chi connectivity index (χ4n) is 3.63. The van der Waals surface area contributed by atoms with Crippen molar-refractivity contribution in [1.82, 2.24) is 4.31 Å². The molecule has 9 heteroatoms. The molecule has 0 fully saturated rings. The number of anilines is 1. The van der Waals surface area contributed by atoms with Crippen LogP contribution in [0.25, 0.3) is 0 Å². The van der Waals surface area contributed by atoms with E-state index in [1.165, 1.54) is 10.4 Å². The van der Waals surface area contributed by atoms with E-state index in [1.54, 1.807) is 61.5 Å². The minimum Gasteiger partial charge on any atom is -0.280 e. The van der Waals surface area contributed by atoms with Crippen LogP contribution < -0.4 is 4.72 Å². The summed E-state index contributed by atoms with van der Waals surface area (Å²) in [5.41, 5.74) is 2.61. The van der Waals surface area contributed by atoms with E-state index < -0.39 is 20.0 Å². The van der Waals surface area contributed by atoms with Crippen LogP contribution in [0.4, 0.5) is 5.69 Å². The van der Waals surface area contributed by atoms with Gasteiger partial charge in [-0.2, -0.15) is 4.31 Å². The zero-order valence-corrected chi connectivity index (χ0v) is 19.1. The summed E-state index contributed by atoms with van der Waals surface area (Å²) >= 11 is 6.07. The summed E-state index contributed by atoms with van der Waals surface area (Å²) in [4.78, 5) is 0.345. The van der Waals surface area contributed by atoms with Gasteiger partial charge < -0.3 is 0 Å². The Balaban J connectivity index is 1.61. The summed E-state index contributed by atoms with van der Waals surface area (Å²) in [6.45, 7) is 2.20. The molecule has 0 saturated carbocycles. The van der Waals surface area contributed by atoms with Gasteiger partial charge in [0.05, 0.1) is 9.79 Å². The second kappa shape index (κ2) is 8.27. The third kappa shape index (κ3) is 4.34. The van der Waals surface area contributed by atoms with Gasteiger partial charge >= 0.3 is 0 Å². The zero-order chi connectivity index (χ0) is 22.2. The Morgan fingerprint density at radius 1 is 0.903 bits per heavy atom. The van der Waals surface area contributed by atoms with Crippen molar-refractivity contribution in [3.63, 3.8) is 0 Å². The first-order valence-electron chi connectivity index (χ1n) is 9.63. The number of halogens is 1. The van der Waals surface area contributed by atoms with Crippen molar-refractivity contribution in [2.24, 2.45) is 0 Å². The van der Waals surface area contributed by atoms with Crippen molar-refractivity contribution in [1.29, 1.82) is 0 Å². The average molecular weight is 477 g/mol. The summed E-state index contributed by atoms with van der Waals surface area (Å²) in [7, 11) is -7.47. The first-order valence-corrected chi connectivity index (χ1v) is 12.9. The van der Waals surface area contributed by atoms with Crippen molar-refractivity contribution in [2.45, 2.75) is 29.7 Å². The monoisotopic (exact) mass is 476 g/mol. The molecule has 162 valence electrons. The van der Waals surface area contributed by atoms with Gasteiger partial charge in [-0.1, -0.05) is 41.9 Å². The molecule has 31 heavy (non-hydrogen) atoms. The molecule has 1 aliphatic rings. The molecule has 4 rings (SSSR count). The Kier molecular flexibility index (Phi) is 5.83. The number of sulfonamides is 2. The molecule has 1 heterocycles. The Bertz CT molecular complexity index is 1340. The molecule has 0 amide bonds. The van der Waals surface area contributed by atoms with Crippen LogP contribution in [0.1, 0.15) is 16.7 Å². The van der Waals surface area contributed by atoms with Crippen molar-refractivity contribution >= 4 is 37.3 Å². The fourth-order valence-corrected chi connectivity index (χ4v) is 6.62. The molecular weight excluding hydrogens is 456 g/mol. The second-order valence-electron chi connectivity index (χ2n) is 7.35. The topological polar surface area (TPSA) is 83.6 Å². The summed E-state index contributed by atoms with van der Waals surface area (Å²) < 4.78 is 55.7. The number of benzene rings is 3. The van der Waals surface area contributed by atoms with Crippen LogP contribution in [0, 0.1) is 6.92 Å². The predicted octanol–water partition coefficient (Wildman–Crippen LogP) is 4.20. The van der Waals surface area contributed by atoms with E-state index in [0.717, 1.165) is 11.1 Å². The highest BCUT2D eigenvalue weighted by molar-refractivity contribution is 7.92. The van der Waals surface area contributed by atoms with E-state index in [1.807, 2.05) is 6.07 Å². The highest BCUT2D eigenvalue weighted by Crippen LogP contribution is 2.29. The van der Waals surface area contributed by atoms with Gasteiger partial charge in [0.25, 0.3) is 10.0 Å². The number of nitrogens with one attached hydrogen (secondary N) is 1. The second-order valence-corrected chi connectivity index (χ2v) is 11.3. The van der Waals surface area contributed by atoms with E-state index in [2.05, 4.69) is 4.72 Å². The quantitative estimate of drug-likeness (QED) is 0.598. The maximum absolute atomic E-state index is 13.0. The lowest BCUT2D eigenvalue weighted by Gasteiger charge is -2.28. The maximum Gasteiger partial charge on any atom is 0.262 e. The predicted molar refractivity (Wildman–Crippen MR) is 121 cm³/mol. The highest BCUT2D eigenvalue weighted by Gasteiger charge is 2.28. The zero-order valence-electron chi connectivity index (χ0n) is 16.7. The normalized spacial score (nSPS) is 14.8. The van der Waals surface area contributed by atoms with Crippen molar-refractivity contribution < 1.29 is 16.8 Å². The Morgan fingerprint density at radius 3 is 2.39 bits per heavy atom. The van der Waals surface area contributed by atoms with E-state index in [-0.39, 0.29) is 16.3 Å². The Hall–Kier alpha value is -2.39. The SMILES string of the molecule is Cc1c(Cl)cccc1S(=O)(=O)Nc1ccc2c(c1)CN(S(=O)(=O)c1ccccc1)CC2. The van der Waals surface area contributed by atoms with Crippen LogP contribution in [-0.4, -0.2) is 27.7 Å². The molecule has 0 aliphatic carbocycles. The third-order valence-corrected chi connectivity index (χ3v) is 9.12. The Morgan fingerprint density at radius 2 is 1.65 bits per heavy atom. The van der Waals surface area contributed by atoms with Gasteiger partial charge in [-0.3, -0.25) is 4.72 Å². The van der Waals surface area contributed by atoms with Crippen LogP contribution >= 0.6 is 11.6 Å². The molecule has 3 aromatic carbocycles. The summed E-state index contributed by atoms with van der Waals surface area (Å²) in [6.07, 6.45) is 0.557. The van der Waals surface area contributed by atoms with Crippen LogP contribution in [-0.2, 0) is 33.0 Å². The minimum atomic E-state index is -3.84. The lowest BCUT2D eigenvalue weighted by atomic mass is 10.0. The van der Waals surface area contributed by atoms with E-state index in [4.69, 9.17) is 11.6 Å². The fraction of sp³-hybridized carbons (Fsp3) is 0.182. The number of nitrogens with zero attached hydrogens (tertiary/aromatic N) is 1. The maximum atomic E-state index is 13.0. The van der Waals surface area contributed by atoms with Gasteiger partial charge in [0.1, 0.15) is 0 Å². The first-order chi connectivity index (χ1) is 14.7. The van der Waals surface area contributed by atoms with Gasteiger partial charge in [-0.05, 0) is 66.4 Å². The molecule has 3 aromatic rings. The molecule has 6 nitrogen and oxygen atoms in total. The third-order valence-electron chi connectivity index (χ3n) is 5.32. The van der Waals surface area contributed by atoms with Crippen molar-refractivity contribution in [2.75, 3.05) is 11.3 Å². The van der Waals surface area contributed by atoms with E-state index in [0.29, 0.717) is 29.2 Å². The molecule has 1 aliphatic heterocycles.